The first-order valence-electron chi connectivity index (χ1n) is 10.2. The lowest BCUT2D eigenvalue weighted by Gasteiger charge is -2.41. The Kier molecular flexibility index (Phi) is 8.82. The second kappa shape index (κ2) is 11.3. The summed E-state index contributed by atoms with van der Waals surface area (Å²) in [6, 6.07) is 3.33. The van der Waals surface area contributed by atoms with Crippen molar-refractivity contribution in [2.24, 2.45) is 16.6 Å². The topological polar surface area (TPSA) is 140 Å². The maximum Gasteiger partial charge on any atom is 0.141 e. The molecule has 1 aromatic rings. The molecule has 1 fully saturated rings. The minimum absolute atomic E-state index is 0.0657. The number of anilines is 1. The number of pyridine rings is 1. The average Bonchev–Trinajstić information content (AvgIpc) is 2.78. The number of nitrogen functional groups attached to an aromatic ring is 1. The van der Waals surface area contributed by atoms with Crippen molar-refractivity contribution >= 4 is 18.0 Å². The fraction of sp³-hybridized carbons (Fsp3) is 0.476. The van der Waals surface area contributed by atoms with Gasteiger partial charge in [0.05, 0.1) is 24.1 Å². The molecule has 0 aliphatic carbocycles. The number of aromatic nitrogens is 1. The molecule has 1 saturated heterocycles. The predicted molar refractivity (Wildman–Crippen MR) is 122 cm³/mol. The molecule has 0 aromatic carbocycles. The van der Waals surface area contributed by atoms with Gasteiger partial charge in [0.1, 0.15) is 17.4 Å². The van der Waals surface area contributed by atoms with Crippen LogP contribution in [0.3, 0.4) is 0 Å². The lowest BCUT2D eigenvalue weighted by Crippen LogP contribution is -2.56. The van der Waals surface area contributed by atoms with Crippen molar-refractivity contribution in [1.82, 2.24) is 20.1 Å². The standard InChI is InChI=1S/C21H34N8O/c1-4-6-19(28-11-9-25-10-12-28)29(14-23)21(17-7-5-8-26-20(17)24)27-16(3)15(2)18(30)13-22/h4-5,7-8,13-16,19,23,25,30H,1,6,9-12,22H2,2-3H3,(H2,24,26)/t15-,16+,19?/m1/s1. The van der Waals surface area contributed by atoms with E-state index < -0.39 is 0 Å². The van der Waals surface area contributed by atoms with Crippen LogP contribution in [0.4, 0.5) is 5.82 Å². The number of nitrogens with two attached hydrogens (primary N) is 2. The summed E-state index contributed by atoms with van der Waals surface area (Å²) < 4.78 is 0. The third kappa shape index (κ3) is 5.58. The van der Waals surface area contributed by atoms with E-state index in [0.29, 0.717) is 23.6 Å². The maximum atomic E-state index is 10.1. The Morgan fingerprint density at radius 2 is 2.17 bits per heavy atom. The molecule has 1 aromatic heterocycles. The van der Waals surface area contributed by atoms with E-state index in [2.05, 4.69) is 21.8 Å². The summed E-state index contributed by atoms with van der Waals surface area (Å²) in [6.45, 7) is 11.1. The molecule has 1 aliphatic heterocycles. The van der Waals surface area contributed by atoms with E-state index in [0.717, 1.165) is 26.2 Å². The highest BCUT2D eigenvalue weighted by molar-refractivity contribution is 6.07. The van der Waals surface area contributed by atoms with Crippen molar-refractivity contribution in [3.8, 4) is 0 Å². The molecule has 1 aliphatic rings. The van der Waals surface area contributed by atoms with Gasteiger partial charge in [-0.25, -0.2) is 4.98 Å². The molecule has 0 amide bonds. The Hall–Kier alpha value is -2.91. The van der Waals surface area contributed by atoms with E-state index in [-0.39, 0.29) is 23.9 Å². The van der Waals surface area contributed by atoms with Crippen LogP contribution in [0.5, 0.6) is 0 Å². The quantitative estimate of drug-likeness (QED) is 0.179. The molecule has 7 N–H and O–H groups in total. The summed E-state index contributed by atoms with van der Waals surface area (Å²) in [4.78, 5) is 13.2. The molecule has 0 saturated carbocycles. The molecule has 30 heavy (non-hydrogen) atoms. The van der Waals surface area contributed by atoms with Crippen molar-refractivity contribution in [3.05, 3.63) is 48.5 Å². The largest absolute Gasteiger partial charge is 0.510 e. The van der Waals surface area contributed by atoms with Crippen LogP contribution < -0.4 is 16.8 Å². The van der Waals surface area contributed by atoms with Gasteiger partial charge < -0.3 is 26.8 Å². The molecule has 0 radical (unpaired) electrons. The first kappa shape index (κ1) is 23.4. The summed E-state index contributed by atoms with van der Waals surface area (Å²) in [7, 11) is 0. The number of aliphatic hydroxyl groups excluding tert-OH is 1. The number of hydrogen-bond donors (Lipinski definition) is 5. The van der Waals surface area contributed by atoms with E-state index in [1.807, 2.05) is 30.9 Å². The molecule has 0 bridgehead atoms. The number of aliphatic hydroxyl groups is 1. The lowest BCUT2D eigenvalue weighted by atomic mass is 10.0. The Bertz CT molecular complexity index is 772. The normalized spacial score (nSPS) is 19.0. The van der Waals surface area contributed by atoms with Gasteiger partial charge in [0, 0.05) is 44.5 Å². The first-order valence-corrected chi connectivity index (χ1v) is 10.2. The summed E-state index contributed by atoms with van der Waals surface area (Å²) in [6.07, 6.45) is 6.44. The molecule has 1 unspecified atom stereocenters. The summed E-state index contributed by atoms with van der Waals surface area (Å²) in [5.74, 6) is 0.632. The van der Waals surface area contributed by atoms with Gasteiger partial charge in [-0.05, 0) is 25.5 Å². The minimum atomic E-state index is -0.311. The van der Waals surface area contributed by atoms with Gasteiger partial charge in [0.2, 0.25) is 0 Å². The van der Waals surface area contributed by atoms with Crippen molar-refractivity contribution in [1.29, 1.82) is 5.41 Å². The second-order valence-electron chi connectivity index (χ2n) is 7.34. The van der Waals surface area contributed by atoms with Gasteiger partial charge in [-0.15, -0.1) is 6.58 Å². The zero-order chi connectivity index (χ0) is 22.1. The highest BCUT2D eigenvalue weighted by Gasteiger charge is 2.29. The highest BCUT2D eigenvalue weighted by Crippen LogP contribution is 2.22. The van der Waals surface area contributed by atoms with Crippen LogP contribution in [0.25, 0.3) is 0 Å². The van der Waals surface area contributed by atoms with E-state index in [1.165, 1.54) is 12.5 Å². The Labute approximate surface area is 178 Å². The van der Waals surface area contributed by atoms with Crippen molar-refractivity contribution in [2.45, 2.75) is 32.5 Å². The van der Waals surface area contributed by atoms with Crippen molar-refractivity contribution in [2.75, 3.05) is 31.9 Å². The molecule has 2 rings (SSSR count). The number of aliphatic imine (C=N–C) groups is 1. The van der Waals surface area contributed by atoms with E-state index >= 15 is 0 Å². The van der Waals surface area contributed by atoms with Crippen LogP contribution in [-0.4, -0.2) is 70.5 Å². The average molecular weight is 415 g/mol. The van der Waals surface area contributed by atoms with Crippen LogP contribution >= 0.6 is 0 Å². The van der Waals surface area contributed by atoms with Gasteiger partial charge in [0.25, 0.3) is 0 Å². The van der Waals surface area contributed by atoms with Gasteiger partial charge in [-0.3, -0.25) is 15.3 Å². The molecular formula is C21H34N8O. The first-order chi connectivity index (χ1) is 14.4. The highest BCUT2D eigenvalue weighted by atomic mass is 16.3. The van der Waals surface area contributed by atoms with Gasteiger partial charge in [-0.2, -0.15) is 0 Å². The SMILES string of the molecule is C=CCC(N1CCNCC1)N(C=N)C(=N[C@@H](C)[C@@H](C)C(O)=CN)c1cccnc1N. The molecule has 2 heterocycles. The zero-order valence-electron chi connectivity index (χ0n) is 17.8. The molecule has 3 atom stereocenters. The molecule has 0 spiro atoms. The Morgan fingerprint density at radius 1 is 1.47 bits per heavy atom. The maximum absolute atomic E-state index is 10.1. The third-order valence-corrected chi connectivity index (χ3v) is 5.42. The molecule has 164 valence electrons. The number of nitrogens with zero attached hydrogens (tertiary/aromatic N) is 4. The number of rotatable bonds is 9. The van der Waals surface area contributed by atoms with Crippen molar-refractivity contribution in [3.63, 3.8) is 0 Å². The van der Waals surface area contributed by atoms with Crippen LogP contribution in [-0.2, 0) is 0 Å². The van der Waals surface area contributed by atoms with Gasteiger partial charge in [-0.1, -0.05) is 13.0 Å². The predicted octanol–water partition coefficient (Wildman–Crippen LogP) is 1.51. The lowest BCUT2D eigenvalue weighted by molar-refractivity contribution is 0.117. The number of amidine groups is 1. The minimum Gasteiger partial charge on any atom is -0.510 e. The van der Waals surface area contributed by atoms with E-state index in [4.69, 9.17) is 21.9 Å². The summed E-state index contributed by atoms with van der Waals surface area (Å²) in [5, 5.41) is 21.6. The van der Waals surface area contributed by atoms with Gasteiger partial charge in [0.15, 0.2) is 0 Å². The molecule has 9 nitrogen and oxygen atoms in total. The molecule has 9 heteroatoms. The number of hydrogen-bond acceptors (Lipinski definition) is 8. The number of nitrogens with one attached hydrogen (secondary N) is 2. The van der Waals surface area contributed by atoms with E-state index in [9.17, 15) is 5.11 Å². The third-order valence-electron chi connectivity index (χ3n) is 5.42. The summed E-state index contributed by atoms with van der Waals surface area (Å²) in [5.41, 5.74) is 12.3. The van der Waals surface area contributed by atoms with Crippen LogP contribution in [0.2, 0.25) is 0 Å². The Balaban J connectivity index is 2.54. The monoisotopic (exact) mass is 414 g/mol. The number of piperazine rings is 1. The van der Waals surface area contributed by atoms with E-state index in [1.54, 1.807) is 12.3 Å². The van der Waals surface area contributed by atoms with Gasteiger partial charge >= 0.3 is 0 Å². The fourth-order valence-electron chi connectivity index (χ4n) is 3.44. The van der Waals surface area contributed by atoms with Crippen molar-refractivity contribution < 1.29 is 5.11 Å². The van der Waals surface area contributed by atoms with Crippen LogP contribution in [0.15, 0.2) is 47.9 Å². The van der Waals surface area contributed by atoms with Crippen LogP contribution in [0, 0.1) is 11.3 Å². The smallest absolute Gasteiger partial charge is 0.141 e. The molecular weight excluding hydrogens is 380 g/mol. The summed E-state index contributed by atoms with van der Waals surface area (Å²) >= 11 is 0. The zero-order valence-corrected chi connectivity index (χ0v) is 17.8. The van der Waals surface area contributed by atoms with Crippen LogP contribution in [0.1, 0.15) is 25.8 Å². The second-order valence-corrected chi connectivity index (χ2v) is 7.34. The fourth-order valence-corrected chi connectivity index (χ4v) is 3.44. The Morgan fingerprint density at radius 3 is 2.73 bits per heavy atom.